The summed E-state index contributed by atoms with van der Waals surface area (Å²) in [6.45, 7) is 9.84. The summed E-state index contributed by atoms with van der Waals surface area (Å²) in [5, 5.41) is 1.12. The van der Waals surface area contributed by atoms with Gasteiger partial charge < -0.3 is 15.4 Å². The van der Waals surface area contributed by atoms with E-state index in [-0.39, 0.29) is 0 Å². The lowest BCUT2D eigenvalue weighted by Gasteiger charge is -2.32. The van der Waals surface area contributed by atoms with E-state index in [1.54, 1.807) is 11.3 Å². The Morgan fingerprint density at radius 2 is 2.32 bits per heavy atom. The van der Waals surface area contributed by atoms with Gasteiger partial charge in [-0.25, -0.2) is 4.98 Å². The maximum atomic E-state index is 5.83. The van der Waals surface area contributed by atoms with Crippen molar-refractivity contribution in [3.8, 4) is 0 Å². The van der Waals surface area contributed by atoms with Crippen LogP contribution in [0.5, 0.6) is 0 Å². The van der Waals surface area contributed by atoms with Crippen molar-refractivity contribution in [2.24, 2.45) is 5.73 Å². The highest BCUT2D eigenvalue weighted by atomic mass is 32.1. The van der Waals surface area contributed by atoms with Crippen molar-refractivity contribution in [2.75, 3.05) is 24.6 Å². The molecule has 108 valence electrons. The van der Waals surface area contributed by atoms with E-state index in [2.05, 4.69) is 25.7 Å². The highest BCUT2D eigenvalue weighted by Crippen LogP contribution is 2.32. The number of nitrogens with zero attached hydrogens (tertiary/aromatic N) is 2. The van der Waals surface area contributed by atoms with Gasteiger partial charge in [0.15, 0.2) is 5.13 Å². The van der Waals surface area contributed by atoms with Gasteiger partial charge in [0.05, 0.1) is 11.8 Å². The number of nitrogens with two attached hydrogens (primary N) is 1. The third kappa shape index (κ3) is 3.46. The van der Waals surface area contributed by atoms with E-state index in [0.29, 0.717) is 18.6 Å². The van der Waals surface area contributed by atoms with Gasteiger partial charge in [-0.1, -0.05) is 13.8 Å². The molecule has 5 heteroatoms. The van der Waals surface area contributed by atoms with Crippen LogP contribution < -0.4 is 10.6 Å². The van der Waals surface area contributed by atoms with Crippen LogP contribution in [0.1, 0.15) is 50.1 Å². The lowest BCUT2D eigenvalue weighted by molar-refractivity contribution is 0.0526. The van der Waals surface area contributed by atoms with Gasteiger partial charge in [0, 0.05) is 31.1 Å². The van der Waals surface area contributed by atoms with E-state index in [0.717, 1.165) is 31.2 Å². The molecule has 0 aliphatic carbocycles. The zero-order chi connectivity index (χ0) is 13.8. The molecule has 2 N–H and O–H groups in total. The fourth-order valence-electron chi connectivity index (χ4n) is 2.57. The van der Waals surface area contributed by atoms with E-state index >= 15 is 0 Å². The molecule has 0 amide bonds. The van der Waals surface area contributed by atoms with E-state index in [1.807, 2.05) is 0 Å². The molecule has 0 radical (unpaired) electrons. The van der Waals surface area contributed by atoms with Crippen LogP contribution in [-0.2, 0) is 11.3 Å². The third-order valence-corrected chi connectivity index (χ3v) is 4.65. The second-order valence-electron chi connectivity index (χ2n) is 5.33. The quantitative estimate of drug-likeness (QED) is 0.902. The van der Waals surface area contributed by atoms with Gasteiger partial charge in [0.25, 0.3) is 0 Å². The molecule has 2 heterocycles. The van der Waals surface area contributed by atoms with Gasteiger partial charge in [0.2, 0.25) is 0 Å². The van der Waals surface area contributed by atoms with Crippen LogP contribution in [0.3, 0.4) is 0 Å². The standard InChI is InChI=1S/C14H25N3OS/c1-4-18-11-6-5-7-17(9-11)14-16-13(10(2)3)12(8-15)19-14/h10-11H,4-9,15H2,1-3H3. The number of rotatable bonds is 5. The summed E-state index contributed by atoms with van der Waals surface area (Å²) in [5.41, 5.74) is 7.00. The zero-order valence-electron chi connectivity index (χ0n) is 12.2. The van der Waals surface area contributed by atoms with Gasteiger partial charge in [-0.3, -0.25) is 0 Å². The maximum Gasteiger partial charge on any atom is 0.185 e. The van der Waals surface area contributed by atoms with E-state index in [1.165, 1.54) is 17.0 Å². The Bertz CT molecular complexity index is 403. The second kappa shape index (κ2) is 6.68. The molecule has 1 aromatic heterocycles. The number of hydrogen-bond acceptors (Lipinski definition) is 5. The molecular formula is C14H25N3OS. The summed E-state index contributed by atoms with van der Waals surface area (Å²) in [7, 11) is 0. The second-order valence-corrected chi connectivity index (χ2v) is 6.39. The molecular weight excluding hydrogens is 258 g/mol. The molecule has 0 aromatic carbocycles. The Hall–Kier alpha value is -0.650. The Morgan fingerprint density at radius 1 is 1.53 bits per heavy atom. The van der Waals surface area contributed by atoms with Crippen LogP contribution in [0.25, 0.3) is 0 Å². The lowest BCUT2D eigenvalue weighted by atomic mass is 10.1. The predicted molar refractivity (Wildman–Crippen MR) is 81.0 cm³/mol. The normalized spacial score (nSPS) is 20.3. The Balaban J connectivity index is 2.12. The number of aromatic nitrogens is 1. The number of piperidine rings is 1. The van der Waals surface area contributed by atoms with Crippen molar-refractivity contribution in [1.29, 1.82) is 0 Å². The molecule has 0 saturated carbocycles. The summed E-state index contributed by atoms with van der Waals surface area (Å²) < 4.78 is 5.76. The SMILES string of the molecule is CCOC1CCCN(c2nc(C(C)C)c(CN)s2)C1. The average molecular weight is 283 g/mol. The molecule has 1 fully saturated rings. The van der Waals surface area contributed by atoms with Crippen LogP contribution in [0.2, 0.25) is 0 Å². The maximum absolute atomic E-state index is 5.83. The predicted octanol–water partition coefficient (Wildman–Crippen LogP) is 2.73. The first-order chi connectivity index (χ1) is 9.15. The highest BCUT2D eigenvalue weighted by Gasteiger charge is 2.24. The molecule has 0 bridgehead atoms. The summed E-state index contributed by atoms with van der Waals surface area (Å²) in [4.78, 5) is 8.39. The van der Waals surface area contributed by atoms with Crippen LogP contribution in [0.15, 0.2) is 0 Å². The Kier molecular flexibility index (Phi) is 5.19. The minimum Gasteiger partial charge on any atom is -0.377 e. The zero-order valence-corrected chi connectivity index (χ0v) is 13.0. The molecule has 1 unspecified atom stereocenters. The highest BCUT2D eigenvalue weighted by molar-refractivity contribution is 7.15. The molecule has 1 atom stereocenters. The van der Waals surface area contributed by atoms with Gasteiger partial charge >= 0.3 is 0 Å². The van der Waals surface area contributed by atoms with Gasteiger partial charge in [-0.15, -0.1) is 11.3 Å². The third-order valence-electron chi connectivity index (χ3n) is 3.50. The van der Waals surface area contributed by atoms with Gasteiger partial charge in [0.1, 0.15) is 0 Å². The molecule has 19 heavy (non-hydrogen) atoms. The molecule has 4 nitrogen and oxygen atoms in total. The first-order valence-electron chi connectivity index (χ1n) is 7.21. The number of anilines is 1. The first kappa shape index (κ1) is 14.8. The average Bonchev–Trinajstić information content (AvgIpc) is 2.84. The Labute approximate surface area is 120 Å². The molecule has 1 aromatic rings. The smallest absolute Gasteiger partial charge is 0.185 e. The van der Waals surface area contributed by atoms with Crippen LogP contribution >= 0.6 is 11.3 Å². The van der Waals surface area contributed by atoms with Crippen LogP contribution in [0, 0.1) is 0 Å². The van der Waals surface area contributed by atoms with Crippen molar-refractivity contribution in [2.45, 2.75) is 52.2 Å². The number of ether oxygens (including phenoxy) is 1. The van der Waals surface area contributed by atoms with Crippen molar-refractivity contribution >= 4 is 16.5 Å². The molecule has 2 rings (SSSR count). The Morgan fingerprint density at radius 3 is 2.89 bits per heavy atom. The minimum absolute atomic E-state index is 0.353. The van der Waals surface area contributed by atoms with Gasteiger partial charge in [-0.05, 0) is 25.7 Å². The number of hydrogen-bond donors (Lipinski definition) is 1. The van der Waals surface area contributed by atoms with E-state index in [9.17, 15) is 0 Å². The van der Waals surface area contributed by atoms with E-state index < -0.39 is 0 Å². The summed E-state index contributed by atoms with van der Waals surface area (Å²) in [6.07, 6.45) is 2.70. The van der Waals surface area contributed by atoms with Crippen molar-refractivity contribution < 1.29 is 4.74 Å². The number of thiazole rings is 1. The van der Waals surface area contributed by atoms with Gasteiger partial charge in [-0.2, -0.15) is 0 Å². The molecule has 1 aliphatic rings. The van der Waals surface area contributed by atoms with Crippen LogP contribution in [-0.4, -0.2) is 30.8 Å². The summed E-state index contributed by atoms with van der Waals surface area (Å²) in [5.74, 6) is 0.441. The largest absolute Gasteiger partial charge is 0.377 e. The van der Waals surface area contributed by atoms with E-state index in [4.69, 9.17) is 15.5 Å². The monoisotopic (exact) mass is 283 g/mol. The summed E-state index contributed by atoms with van der Waals surface area (Å²) >= 11 is 1.75. The van der Waals surface area contributed by atoms with Crippen molar-refractivity contribution in [3.05, 3.63) is 10.6 Å². The lowest BCUT2D eigenvalue weighted by Crippen LogP contribution is -2.39. The molecule has 0 spiro atoms. The van der Waals surface area contributed by atoms with Crippen molar-refractivity contribution in [3.63, 3.8) is 0 Å². The molecule has 1 saturated heterocycles. The molecule has 1 aliphatic heterocycles. The summed E-state index contributed by atoms with van der Waals surface area (Å²) in [6, 6.07) is 0. The van der Waals surface area contributed by atoms with Crippen molar-refractivity contribution in [1.82, 2.24) is 4.98 Å². The fraction of sp³-hybridized carbons (Fsp3) is 0.786. The minimum atomic E-state index is 0.353. The fourth-order valence-corrected chi connectivity index (χ4v) is 3.70. The topological polar surface area (TPSA) is 51.4 Å². The first-order valence-corrected chi connectivity index (χ1v) is 8.03. The van der Waals surface area contributed by atoms with Crippen LogP contribution in [0.4, 0.5) is 5.13 Å².